The first-order valence-corrected chi connectivity index (χ1v) is 8.78. The van der Waals surface area contributed by atoms with Crippen LogP contribution in [0.3, 0.4) is 0 Å². The summed E-state index contributed by atoms with van der Waals surface area (Å²) in [6, 6.07) is 8.41. The molecule has 1 fully saturated rings. The number of nitrogens with zero attached hydrogens (tertiary/aromatic N) is 2. The van der Waals surface area contributed by atoms with Gasteiger partial charge < -0.3 is 19.5 Å². The predicted octanol–water partition coefficient (Wildman–Crippen LogP) is 3.06. The third-order valence-corrected chi connectivity index (χ3v) is 4.62. The molecule has 0 bridgehead atoms. The second-order valence-corrected chi connectivity index (χ2v) is 6.58. The standard InChI is InChI=1S/C20H24FN3O2/c1-15(22-20(25)8-6-17-4-3-13-26-17)16-5-7-19(18(21)14-16)24-11-9-23(2)10-12-24/h3-8,13-15H,9-12H2,1-2H3,(H,22,25). The molecule has 1 atom stereocenters. The Bertz CT molecular complexity index is 765. The van der Waals surface area contributed by atoms with Gasteiger partial charge in [-0.05, 0) is 49.9 Å². The average molecular weight is 357 g/mol. The second-order valence-electron chi connectivity index (χ2n) is 6.58. The summed E-state index contributed by atoms with van der Waals surface area (Å²) >= 11 is 0. The highest BCUT2D eigenvalue weighted by Crippen LogP contribution is 2.24. The van der Waals surface area contributed by atoms with Crippen molar-refractivity contribution >= 4 is 17.7 Å². The van der Waals surface area contributed by atoms with E-state index in [1.807, 2.05) is 13.0 Å². The Morgan fingerprint density at radius 3 is 2.69 bits per heavy atom. The number of amides is 1. The topological polar surface area (TPSA) is 48.7 Å². The van der Waals surface area contributed by atoms with E-state index < -0.39 is 0 Å². The number of halogens is 1. The number of hydrogen-bond acceptors (Lipinski definition) is 4. The van der Waals surface area contributed by atoms with Crippen LogP contribution in [0.4, 0.5) is 10.1 Å². The van der Waals surface area contributed by atoms with Crippen molar-refractivity contribution in [3.8, 4) is 0 Å². The summed E-state index contributed by atoms with van der Waals surface area (Å²) in [5.41, 5.74) is 1.36. The molecule has 2 aromatic rings. The number of anilines is 1. The molecule has 26 heavy (non-hydrogen) atoms. The van der Waals surface area contributed by atoms with E-state index in [4.69, 9.17) is 4.42 Å². The molecule has 2 heterocycles. The lowest BCUT2D eigenvalue weighted by molar-refractivity contribution is -0.117. The van der Waals surface area contributed by atoms with Gasteiger partial charge in [-0.25, -0.2) is 4.39 Å². The van der Waals surface area contributed by atoms with Crippen LogP contribution in [0.2, 0.25) is 0 Å². The molecule has 0 saturated carbocycles. The van der Waals surface area contributed by atoms with Gasteiger partial charge in [0.1, 0.15) is 11.6 Å². The van der Waals surface area contributed by atoms with Crippen molar-refractivity contribution in [2.24, 2.45) is 0 Å². The summed E-state index contributed by atoms with van der Waals surface area (Å²) in [6.45, 7) is 5.32. The molecule has 1 saturated heterocycles. The van der Waals surface area contributed by atoms with E-state index in [0.717, 1.165) is 31.7 Å². The zero-order valence-corrected chi connectivity index (χ0v) is 15.1. The van der Waals surface area contributed by atoms with Crippen LogP contribution in [0.5, 0.6) is 0 Å². The first-order valence-electron chi connectivity index (χ1n) is 8.78. The van der Waals surface area contributed by atoms with E-state index in [-0.39, 0.29) is 17.8 Å². The average Bonchev–Trinajstić information content (AvgIpc) is 3.14. The zero-order chi connectivity index (χ0) is 18.5. The molecular formula is C20H24FN3O2. The van der Waals surface area contributed by atoms with Gasteiger partial charge in [0, 0.05) is 32.3 Å². The molecule has 6 heteroatoms. The highest BCUT2D eigenvalue weighted by Gasteiger charge is 2.18. The molecular weight excluding hydrogens is 333 g/mol. The Kier molecular flexibility index (Phi) is 5.73. The van der Waals surface area contributed by atoms with Crippen molar-refractivity contribution < 1.29 is 13.6 Å². The van der Waals surface area contributed by atoms with Gasteiger partial charge in [-0.2, -0.15) is 0 Å². The quantitative estimate of drug-likeness (QED) is 0.836. The maximum absolute atomic E-state index is 14.6. The number of rotatable bonds is 5. The van der Waals surface area contributed by atoms with E-state index in [1.54, 1.807) is 30.5 Å². The molecule has 1 N–H and O–H groups in total. The number of likely N-dealkylation sites (N-methyl/N-ethyl adjacent to an activating group) is 1. The molecule has 5 nitrogen and oxygen atoms in total. The third-order valence-electron chi connectivity index (χ3n) is 4.62. The lowest BCUT2D eigenvalue weighted by Gasteiger charge is -2.34. The lowest BCUT2D eigenvalue weighted by Crippen LogP contribution is -2.44. The summed E-state index contributed by atoms with van der Waals surface area (Å²) in [6.07, 6.45) is 4.55. The summed E-state index contributed by atoms with van der Waals surface area (Å²) in [5.74, 6) is 0.104. The molecule has 1 unspecified atom stereocenters. The highest BCUT2D eigenvalue weighted by atomic mass is 19.1. The second kappa shape index (κ2) is 8.19. The van der Waals surface area contributed by atoms with Crippen LogP contribution in [-0.2, 0) is 4.79 Å². The minimum atomic E-state index is -0.292. The molecule has 1 aliphatic rings. The van der Waals surface area contributed by atoms with Crippen LogP contribution in [0.15, 0.2) is 47.1 Å². The van der Waals surface area contributed by atoms with Gasteiger partial charge in [0.15, 0.2) is 0 Å². The van der Waals surface area contributed by atoms with Crippen LogP contribution in [0, 0.1) is 5.82 Å². The van der Waals surface area contributed by atoms with E-state index in [0.29, 0.717) is 11.4 Å². The van der Waals surface area contributed by atoms with Crippen molar-refractivity contribution in [3.63, 3.8) is 0 Å². The molecule has 0 radical (unpaired) electrons. The van der Waals surface area contributed by atoms with E-state index in [1.165, 1.54) is 12.1 Å². The van der Waals surface area contributed by atoms with E-state index in [2.05, 4.69) is 22.2 Å². The molecule has 1 amide bonds. The van der Waals surface area contributed by atoms with E-state index in [9.17, 15) is 9.18 Å². The molecule has 1 aromatic heterocycles. The zero-order valence-electron chi connectivity index (χ0n) is 15.1. The minimum absolute atomic E-state index is 0.251. The molecule has 1 aromatic carbocycles. The fourth-order valence-corrected chi connectivity index (χ4v) is 2.99. The van der Waals surface area contributed by atoms with Crippen molar-refractivity contribution in [2.75, 3.05) is 38.1 Å². The highest BCUT2D eigenvalue weighted by molar-refractivity contribution is 5.91. The van der Waals surface area contributed by atoms with Gasteiger partial charge in [-0.3, -0.25) is 4.79 Å². The summed E-state index contributed by atoms with van der Waals surface area (Å²) < 4.78 is 19.7. The van der Waals surface area contributed by atoms with Crippen molar-refractivity contribution in [1.82, 2.24) is 10.2 Å². The van der Waals surface area contributed by atoms with Gasteiger partial charge in [0.2, 0.25) is 5.91 Å². The van der Waals surface area contributed by atoms with Crippen LogP contribution >= 0.6 is 0 Å². The molecule has 0 aliphatic carbocycles. The first kappa shape index (κ1) is 18.2. The van der Waals surface area contributed by atoms with Gasteiger partial charge in [-0.1, -0.05) is 6.07 Å². The SMILES string of the molecule is CC(NC(=O)C=Cc1ccco1)c1ccc(N2CCN(C)CC2)c(F)c1. The monoisotopic (exact) mass is 357 g/mol. The first-order chi connectivity index (χ1) is 12.5. The molecule has 1 aliphatic heterocycles. The van der Waals surface area contributed by atoms with Crippen LogP contribution in [0.25, 0.3) is 6.08 Å². The number of furan rings is 1. The Hall–Kier alpha value is -2.60. The summed E-state index contributed by atoms with van der Waals surface area (Å²) in [7, 11) is 2.07. The Balaban J connectivity index is 1.61. The minimum Gasteiger partial charge on any atom is -0.465 e. The van der Waals surface area contributed by atoms with Crippen LogP contribution < -0.4 is 10.2 Å². The number of hydrogen-bond donors (Lipinski definition) is 1. The Morgan fingerprint density at radius 2 is 2.04 bits per heavy atom. The smallest absolute Gasteiger partial charge is 0.244 e. The lowest BCUT2D eigenvalue weighted by atomic mass is 10.1. The number of piperazine rings is 1. The molecule has 138 valence electrons. The van der Waals surface area contributed by atoms with Crippen molar-refractivity contribution in [3.05, 3.63) is 59.8 Å². The van der Waals surface area contributed by atoms with Gasteiger partial charge >= 0.3 is 0 Å². The van der Waals surface area contributed by atoms with Crippen molar-refractivity contribution in [2.45, 2.75) is 13.0 Å². The largest absolute Gasteiger partial charge is 0.465 e. The number of carbonyl (C=O) groups excluding carboxylic acids is 1. The fourth-order valence-electron chi connectivity index (χ4n) is 2.99. The molecule has 0 spiro atoms. The van der Waals surface area contributed by atoms with Gasteiger partial charge in [0.25, 0.3) is 0 Å². The third kappa shape index (κ3) is 4.52. The predicted molar refractivity (Wildman–Crippen MR) is 100 cm³/mol. The Labute approximate surface area is 153 Å². The Morgan fingerprint density at radius 1 is 1.27 bits per heavy atom. The summed E-state index contributed by atoms with van der Waals surface area (Å²) in [5, 5.41) is 2.84. The fraction of sp³-hybridized carbons (Fsp3) is 0.350. The van der Waals surface area contributed by atoms with Gasteiger partial charge in [-0.15, -0.1) is 0 Å². The maximum atomic E-state index is 14.6. The number of benzene rings is 1. The van der Waals surface area contributed by atoms with Crippen LogP contribution in [0.1, 0.15) is 24.3 Å². The number of nitrogens with one attached hydrogen (secondary N) is 1. The normalized spacial score (nSPS) is 16.8. The van der Waals surface area contributed by atoms with Crippen LogP contribution in [-0.4, -0.2) is 44.0 Å². The van der Waals surface area contributed by atoms with E-state index >= 15 is 0 Å². The molecule has 3 rings (SSSR count). The maximum Gasteiger partial charge on any atom is 0.244 e. The van der Waals surface area contributed by atoms with Gasteiger partial charge in [0.05, 0.1) is 18.0 Å². The van der Waals surface area contributed by atoms with Crippen molar-refractivity contribution in [1.29, 1.82) is 0 Å². The number of carbonyl (C=O) groups is 1. The summed E-state index contributed by atoms with van der Waals surface area (Å²) in [4.78, 5) is 16.3.